The molecule has 0 unspecified atom stereocenters. The van der Waals surface area contributed by atoms with Gasteiger partial charge in [-0.1, -0.05) is 23.8 Å². The van der Waals surface area contributed by atoms with E-state index in [1.54, 1.807) is 0 Å². The van der Waals surface area contributed by atoms with Crippen molar-refractivity contribution in [1.29, 1.82) is 0 Å². The molecule has 4 heteroatoms. The Morgan fingerprint density at radius 1 is 1.36 bits per heavy atom. The standard InChI is InChI=1S/C10H10BrCl2N/c11-9-4-3-8(13)7-10(9)14-6-2-1-5-12/h1-4,7,14H,5-6H2/b2-1+. The molecule has 1 nitrogen and oxygen atoms in total. The third-order valence-corrected chi connectivity index (χ3v) is 2.70. The molecule has 0 aliphatic carbocycles. The minimum Gasteiger partial charge on any atom is -0.381 e. The number of alkyl halides is 1. The number of allylic oxidation sites excluding steroid dienone is 1. The van der Waals surface area contributed by atoms with Crippen LogP contribution in [0.1, 0.15) is 0 Å². The maximum atomic E-state index is 5.86. The van der Waals surface area contributed by atoms with Crippen LogP contribution in [0.3, 0.4) is 0 Å². The molecule has 1 aromatic carbocycles. The number of nitrogens with one attached hydrogen (secondary N) is 1. The maximum Gasteiger partial charge on any atom is 0.0502 e. The highest BCUT2D eigenvalue weighted by molar-refractivity contribution is 9.10. The summed E-state index contributed by atoms with van der Waals surface area (Å²) in [5, 5.41) is 3.93. The quantitative estimate of drug-likeness (QED) is 0.644. The van der Waals surface area contributed by atoms with Crippen molar-refractivity contribution in [1.82, 2.24) is 0 Å². The second-order valence-corrected chi connectivity index (χ2v) is 4.23. The summed E-state index contributed by atoms with van der Waals surface area (Å²) in [6.07, 6.45) is 3.87. The van der Waals surface area contributed by atoms with Crippen LogP contribution < -0.4 is 5.32 Å². The summed E-state index contributed by atoms with van der Waals surface area (Å²) in [6.45, 7) is 0.742. The number of rotatable bonds is 4. The molecule has 0 saturated carbocycles. The summed E-state index contributed by atoms with van der Waals surface area (Å²) in [5.41, 5.74) is 0.983. The summed E-state index contributed by atoms with van der Waals surface area (Å²) in [7, 11) is 0. The zero-order valence-corrected chi connectivity index (χ0v) is 10.5. The van der Waals surface area contributed by atoms with Crippen LogP contribution in [-0.2, 0) is 0 Å². The zero-order valence-electron chi connectivity index (χ0n) is 7.43. The van der Waals surface area contributed by atoms with Gasteiger partial charge in [0.25, 0.3) is 0 Å². The Morgan fingerprint density at radius 3 is 2.86 bits per heavy atom. The number of benzene rings is 1. The lowest BCUT2D eigenvalue weighted by molar-refractivity contribution is 1.32. The van der Waals surface area contributed by atoms with Crippen molar-refractivity contribution in [2.24, 2.45) is 0 Å². The molecule has 1 rings (SSSR count). The smallest absolute Gasteiger partial charge is 0.0502 e. The van der Waals surface area contributed by atoms with Gasteiger partial charge in [0, 0.05) is 21.9 Å². The fourth-order valence-electron chi connectivity index (χ4n) is 0.948. The van der Waals surface area contributed by atoms with E-state index in [2.05, 4.69) is 21.2 Å². The summed E-state index contributed by atoms with van der Waals surface area (Å²) < 4.78 is 1.00. The van der Waals surface area contributed by atoms with Crippen molar-refractivity contribution in [2.45, 2.75) is 0 Å². The molecule has 1 aromatic rings. The van der Waals surface area contributed by atoms with E-state index in [-0.39, 0.29) is 0 Å². The van der Waals surface area contributed by atoms with Crippen LogP contribution >= 0.6 is 39.1 Å². The van der Waals surface area contributed by atoms with E-state index in [1.165, 1.54) is 0 Å². The van der Waals surface area contributed by atoms with Gasteiger partial charge < -0.3 is 5.32 Å². The lowest BCUT2D eigenvalue weighted by Crippen LogP contribution is -1.98. The van der Waals surface area contributed by atoms with Crippen LogP contribution in [-0.4, -0.2) is 12.4 Å². The molecule has 0 aromatic heterocycles. The van der Waals surface area contributed by atoms with Crippen LogP contribution in [0.4, 0.5) is 5.69 Å². The molecule has 0 saturated heterocycles. The van der Waals surface area contributed by atoms with E-state index in [1.807, 2.05) is 30.4 Å². The fraction of sp³-hybridized carbons (Fsp3) is 0.200. The first-order chi connectivity index (χ1) is 6.74. The molecule has 0 radical (unpaired) electrons. The molecule has 14 heavy (non-hydrogen) atoms. The van der Waals surface area contributed by atoms with Crippen LogP contribution in [0.15, 0.2) is 34.8 Å². The van der Waals surface area contributed by atoms with E-state index in [9.17, 15) is 0 Å². The highest BCUT2D eigenvalue weighted by atomic mass is 79.9. The number of anilines is 1. The van der Waals surface area contributed by atoms with Crippen molar-refractivity contribution in [3.8, 4) is 0 Å². The molecule has 0 heterocycles. The minimum absolute atomic E-state index is 0.540. The average molecular weight is 295 g/mol. The van der Waals surface area contributed by atoms with Crippen LogP contribution in [0.2, 0.25) is 5.02 Å². The molecular formula is C10H10BrCl2N. The SMILES string of the molecule is ClC/C=C/CNc1cc(Cl)ccc1Br. The fourth-order valence-corrected chi connectivity index (χ4v) is 1.63. The minimum atomic E-state index is 0.540. The molecule has 76 valence electrons. The maximum absolute atomic E-state index is 5.86. The lowest BCUT2D eigenvalue weighted by atomic mass is 10.3. The molecule has 0 atom stereocenters. The molecule has 0 aliphatic heterocycles. The first-order valence-corrected chi connectivity index (χ1v) is 5.84. The molecule has 0 fully saturated rings. The predicted octanol–water partition coefficient (Wildman–Crippen LogP) is 4.31. The van der Waals surface area contributed by atoms with Crippen molar-refractivity contribution >= 4 is 44.8 Å². The van der Waals surface area contributed by atoms with Gasteiger partial charge in [-0.2, -0.15) is 0 Å². The summed E-state index contributed by atoms with van der Waals surface area (Å²) >= 11 is 14.8. The molecule has 0 bridgehead atoms. The van der Waals surface area contributed by atoms with Gasteiger partial charge in [-0.25, -0.2) is 0 Å². The zero-order chi connectivity index (χ0) is 10.4. The van der Waals surface area contributed by atoms with E-state index in [4.69, 9.17) is 23.2 Å². The Kier molecular flexibility index (Phi) is 5.38. The van der Waals surface area contributed by atoms with Gasteiger partial charge in [-0.05, 0) is 34.1 Å². The van der Waals surface area contributed by atoms with Crippen molar-refractivity contribution in [2.75, 3.05) is 17.7 Å². The first kappa shape index (κ1) is 11.9. The van der Waals surface area contributed by atoms with Gasteiger partial charge in [0.1, 0.15) is 0 Å². The molecule has 0 aliphatic rings. The Hall–Kier alpha value is -0.180. The van der Waals surface area contributed by atoms with Gasteiger partial charge in [0.05, 0.1) is 5.69 Å². The van der Waals surface area contributed by atoms with Gasteiger partial charge in [0.2, 0.25) is 0 Å². The molecule has 0 amide bonds. The van der Waals surface area contributed by atoms with E-state index >= 15 is 0 Å². The highest BCUT2D eigenvalue weighted by Gasteiger charge is 1.98. The second-order valence-electron chi connectivity index (χ2n) is 2.63. The second kappa shape index (κ2) is 6.33. The van der Waals surface area contributed by atoms with E-state index in [0.717, 1.165) is 21.7 Å². The Balaban J connectivity index is 2.57. The number of hydrogen-bond acceptors (Lipinski definition) is 1. The average Bonchev–Trinajstić information content (AvgIpc) is 2.18. The third kappa shape index (κ3) is 3.91. The number of halogens is 3. The van der Waals surface area contributed by atoms with Gasteiger partial charge in [-0.15, -0.1) is 11.6 Å². The number of hydrogen-bond donors (Lipinski definition) is 1. The van der Waals surface area contributed by atoms with Crippen LogP contribution in [0.25, 0.3) is 0 Å². The Labute approximate surface area is 102 Å². The summed E-state index contributed by atoms with van der Waals surface area (Å²) in [5.74, 6) is 0.540. The van der Waals surface area contributed by atoms with Gasteiger partial charge in [0.15, 0.2) is 0 Å². The highest BCUT2D eigenvalue weighted by Crippen LogP contribution is 2.25. The van der Waals surface area contributed by atoms with E-state index in [0.29, 0.717) is 5.88 Å². The molecule has 1 N–H and O–H groups in total. The topological polar surface area (TPSA) is 12.0 Å². The van der Waals surface area contributed by atoms with Crippen molar-refractivity contribution < 1.29 is 0 Å². The van der Waals surface area contributed by atoms with Crippen LogP contribution in [0, 0.1) is 0 Å². The van der Waals surface area contributed by atoms with Crippen LogP contribution in [0.5, 0.6) is 0 Å². The van der Waals surface area contributed by atoms with Crippen molar-refractivity contribution in [3.63, 3.8) is 0 Å². The van der Waals surface area contributed by atoms with E-state index < -0.39 is 0 Å². The third-order valence-electron chi connectivity index (χ3n) is 1.59. The monoisotopic (exact) mass is 293 g/mol. The normalized spacial score (nSPS) is 10.8. The summed E-state index contributed by atoms with van der Waals surface area (Å²) in [6, 6.07) is 5.63. The Bertz CT molecular complexity index is 326. The summed E-state index contributed by atoms with van der Waals surface area (Å²) in [4.78, 5) is 0. The van der Waals surface area contributed by atoms with Gasteiger partial charge in [-0.3, -0.25) is 0 Å². The lowest BCUT2D eigenvalue weighted by Gasteiger charge is -2.06. The first-order valence-electron chi connectivity index (χ1n) is 4.14. The van der Waals surface area contributed by atoms with Gasteiger partial charge >= 0.3 is 0 Å². The molecular weight excluding hydrogens is 285 g/mol. The van der Waals surface area contributed by atoms with Crippen molar-refractivity contribution in [3.05, 3.63) is 39.8 Å². The Morgan fingerprint density at radius 2 is 2.14 bits per heavy atom. The predicted molar refractivity (Wildman–Crippen MR) is 67.5 cm³/mol. The molecule has 0 spiro atoms. The largest absolute Gasteiger partial charge is 0.381 e.